The first-order valence-electron chi connectivity index (χ1n) is 5.57. The number of anilines is 1. The molecule has 1 aromatic rings. The first kappa shape index (κ1) is 15.7. The van der Waals surface area contributed by atoms with Crippen molar-refractivity contribution in [3.63, 3.8) is 0 Å². The molecule has 0 spiro atoms. The van der Waals surface area contributed by atoms with Gasteiger partial charge >= 0.3 is 0 Å². The normalized spacial score (nSPS) is 11.5. The molecule has 19 heavy (non-hydrogen) atoms. The van der Waals surface area contributed by atoms with Crippen LogP contribution in [-0.4, -0.2) is 42.0 Å². The van der Waals surface area contributed by atoms with Gasteiger partial charge in [0.15, 0.2) is 0 Å². The molecule has 0 amide bonds. The van der Waals surface area contributed by atoms with Gasteiger partial charge in [-0.2, -0.15) is 0 Å². The topological polar surface area (TPSA) is 114 Å². The first-order chi connectivity index (χ1) is 8.95. The standard InChI is InChI=1S/C11H18N2O5S/c1-16-4-5-17-6-7-18-9-2-3-11(10(12)8-9)19(13,14)15/h2-3,8H,4-7,12H2,1H3,(H2,13,14,15). The van der Waals surface area contributed by atoms with E-state index in [-0.39, 0.29) is 10.6 Å². The quantitative estimate of drug-likeness (QED) is 0.513. The molecule has 0 aliphatic heterocycles. The van der Waals surface area contributed by atoms with Crippen molar-refractivity contribution in [2.45, 2.75) is 4.90 Å². The Labute approximate surface area is 112 Å². The number of rotatable bonds is 8. The van der Waals surface area contributed by atoms with Crippen LogP contribution in [0.25, 0.3) is 0 Å². The number of primary sulfonamides is 1. The Morgan fingerprint density at radius 2 is 1.84 bits per heavy atom. The molecule has 8 heteroatoms. The highest BCUT2D eigenvalue weighted by Gasteiger charge is 2.12. The fourth-order valence-corrected chi connectivity index (χ4v) is 1.98. The summed E-state index contributed by atoms with van der Waals surface area (Å²) in [6.07, 6.45) is 0. The lowest BCUT2D eigenvalue weighted by Crippen LogP contribution is -2.14. The van der Waals surface area contributed by atoms with Crippen LogP contribution in [0.5, 0.6) is 5.75 Å². The Kier molecular flexibility index (Phi) is 6.03. The summed E-state index contributed by atoms with van der Waals surface area (Å²) >= 11 is 0. The zero-order valence-electron chi connectivity index (χ0n) is 10.7. The van der Waals surface area contributed by atoms with Crippen LogP contribution in [0.15, 0.2) is 23.1 Å². The molecule has 0 radical (unpaired) electrons. The molecule has 0 bridgehead atoms. The third-order valence-corrected chi connectivity index (χ3v) is 3.20. The fourth-order valence-electron chi connectivity index (χ4n) is 1.34. The van der Waals surface area contributed by atoms with Crippen molar-refractivity contribution in [1.82, 2.24) is 0 Å². The molecule has 7 nitrogen and oxygen atoms in total. The van der Waals surface area contributed by atoms with Gasteiger partial charge in [-0.3, -0.25) is 0 Å². The summed E-state index contributed by atoms with van der Waals surface area (Å²) in [7, 11) is -2.21. The van der Waals surface area contributed by atoms with Crippen molar-refractivity contribution in [2.24, 2.45) is 5.14 Å². The number of nitrogens with two attached hydrogens (primary N) is 2. The number of methoxy groups -OCH3 is 1. The smallest absolute Gasteiger partial charge is 0.240 e. The van der Waals surface area contributed by atoms with Gasteiger partial charge in [0.2, 0.25) is 10.0 Å². The SMILES string of the molecule is COCCOCCOc1ccc(S(N)(=O)=O)c(N)c1. The van der Waals surface area contributed by atoms with Gasteiger partial charge in [-0.1, -0.05) is 0 Å². The number of sulfonamides is 1. The summed E-state index contributed by atoms with van der Waals surface area (Å²) in [5.41, 5.74) is 5.65. The Bertz CT molecular complexity index is 504. The lowest BCUT2D eigenvalue weighted by molar-refractivity contribution is 0.0544. The molecule has 4 N–H and O–H groups in total. The number of benzene rings is 1. The molecule has 0 aromatic heterocycles. The second kappa shape index (κ2) is 7.29. The van der Waals surface area contributed by atoms with E-state index in [0.29, 0.717) is 32.2 Å². The average Bonchev–Trinajstić information content (AvgIpc) is 2.32. The second-order valence-corrected chi connectivity index (χ2v) is 5.23. The second-order valence-electron chi connectivity index (χ2n) is 3.70. The van der Waals surface area contributed by atoms with Crippen molar-refractivity contribution in [3.05, 3.63) is 18.2 Å². The van der Waals surface area contributed by atoms with Gasteiger partial charge in [-0.25, -0.2) is 13.6 Å². The number of nitrogen functional groups attached to an aromatic ring is 1. The highest BCUT2D eigenvalue weighted by atomic mass is 32.2. The molecule has 0 aliphatic carbocycles. The maximum absolute atomic E-state index is 11.2. The van der Waals surface area contributed by atoms with Crippen molar-refractivity contribution < 1.29 is 22.6 Å². The number of hydrogen-bond donors (Lipinski definition) is 2. The summed E-state index contributed by atoms with van der Waals surface area (Å²) in [6.45, 7) is 1.75. The zero-order chi connectivity index (χ0) is 14.3. The molecule has 0 aliphatic rings. The van der Waals surface area contributed by atoms with Crippen molar-refractivity contribution in [1.29, 1.82) is 0 Å². The van der Waals surface area contributed by atoms with Crippen LogP contribution in [0.1, 0.15) is 0 Å². The predicted octanol–water partition coefficient (Wildman–Crippen LogP) is -0.0420. The molecular weight excluding hydrogens is 272 g/mol. The van der Waals surface area contributed by atoms with Gasteiger partial charge in [0.05, 0.1) is 25.5 Å². The molecule has 0 unspecified atom stereocenters. The fraction of sp³-hybridized carbons (Fsp3) is 0.455. The lowest BCUT2D eigenvalue weighted by atomic mass is 10.3. The highest BCUT2D eigenvalue weighted by Crippen LogP contribution is 2.22. The van der Waals surface area contributed by atoms with Crippen LogP contribution in [0.2, 0.25) is 0 Å². The van der Waals surface area contributed by atoms with Gasteiger partial charge in [0.1, 0.15) is 17.3 Å². The maximum Gasteiger partial charge on any atom is 0.240 e. The maximum atomic E-state index is 11.2. The minimum absolute atomic E-state index is 0.0558. The van der Waals surface area contributed by atoms with E-state index in [4.69, 9.17) is 25.1 Å². The first-order valence-corrected chi connectivity index (χ1v) is 7.11. The summed E-state index contributed by atoms with van der Waals surface area (Å²) in [5, 5.41) is 5.00. The minimum atomic E-state index is -3.80. The van der Waals surface area contributed by atoms with Gasteiger partial charge in [0.25, 0.3) is 0 Å². The van der Waals surface area contributed by atoms with Gasteiger partial charge in [0, 0.05) is 13.2 Å². The van der Waals surface area contributed by atoms with Gasteiger partial charge in [-0.05, 0) is 12.1 Å². The average molecular weight is 290 g/mol. The molecule has 1 aromatic carbocycles. The summed E-state index contributed by atoms with van der Waals surface area (Å²) < 4.78 is 37.7. The van der Waals surface area contributed by atoms with Crippen LogP contribution >= 0.6 is 0 Å². The summed E-state index contributed by atoms with van der Waals surface area (Å²) in [5.74, 6) is 0.459. The Hall–Kier alpha value is -1.35. The third kappa shape index (κ3) is 5.43. The number of hydrogen-bond acceptors (Lipinski definition) is 6. The van der Waals surface area contributed by atoms with Gasteiger partial charge < -0.3 is 19.9 Å². The molecule has 1 rings (SSSR count). The van der Waals surface area contributed by atoms with E-state index in [1.165, 1.54) is 18.2 Å². The summed E-state index contributed by atoms with van der Waals surface area (Å²) in [6, 6.07) is 4.21. The minimum Gasteiger partial charge on any atom is -0.491 e. The zero-order valence-corrected chi connectivity index (χ0v) is 11.5. The van der Waals surface area contributed by atoms with E-state index in [1.54, 1.807) is 7.11 Å². The molecular formula is C11H18N2O5S. The Morgan fingerprint density at radius 1 is 1.16 bits per heavy atom. The molecule has 0 fully saturated rings. The molecule has 0 saturated heterocycles. The molecule has 0 atom stereocenters. The monoisotopic (exact) mass is 290 g/mol. The number of ether oxygens (including phenoxy) is 3. The van der Waals surface area contributed by atoms with Crippen LogP contribution in [0.3, 0.4) is 0 Å². The lowest BCUT2D eigenvalue weighted by Gasteiger charge is -2.09. The largest absolute Gasteiger partial charge is 0.491 e. The van der Waals surface area contributed by atoms with Crippen molar-refractivity contribution in [2.75, 3.05) is 39.3 Å². The third-order valence-electron chi connectivity index (χ3n) is 2.22. The Morgan fingerprint density at radius 3 is 2.42 bits per heavy atom. The molecule has 0 saturated carbocycles. The van der Waals surface area contributed by atoms with Crippen LogP contribution in [-0.2, 0) is 19.5 Å². The van der Waals surface area contributed by atoms with E-state index in [2.05, 4.69) is 0 Å². The molecule has 0 heterocycles. The van der Waals surface area contributed by atoms with Crippen LogP contribution in [0, 0.1) is 0 Å². The van der Waals surface area contributed by atoms with E-state index in [0.717, 1.165) is 0 Å². The summed E-state index contributed by atoms with van der Waals surface area (Å²) in [4.78, 5) is -0.115. The predicted molar refractivity (Wildman–Crippen MR) is 70.4 cm³/mol. The van der Waals surface area contributed by atoms with Crippen molar-refractivity contribution >= 4 is 15.7 Å². The van der Waals surface area contributed by atoms with E-state index < -0.39 is 10.0 Å². The van der Waals surface area contributed by atoms with Gasteiger partial charge in [-0.15, -0.1) is 0 Å². The van der Waals surface area contributed by atoms with Crippen molar-refractivity contribution in [3.8, 4) is 5.75 Å². The highest BCUT2D eigenvalue weighted by molar-refractivity contribution is 7.89. The van der Waals surface area contributed by atoms with Crippen LogP contribution < -0.4 is 15.6 Å². The van der Waals surface area contributed by atoms with E-state index >= 15 is 0 Å². The molecule has 108 valence electrons. The van der Waals surface area contributed by atoms with E-state index in [1.807, 2.05) is 0 Å². The van der Waals surface area contributed by atoms with E-state index in [9.17, 15) is 8.42 Å². The Balaban J connectivity index is 2.46. The van der Waals surface area contributed by atoms with Crippen LogP contribution in [0.4, 0.5) is 5.69 Å².